The monoisotopic (exact) mass is 410 g/mol. The molecular weight excluding hydrogens is 387 g/mol. The lowest BCUT2D eigenvalue weighted by atomic mass is 10.1. The summed E-state index contributed by atoms with van der Waals surface area (Å²) >= 11 is 2.04. The molecule has 1 aromatic rings. The maximum atomic E-state index is 4.24. The second-order valence-electron chi connectivity index (χ2n) is 5.04. The molecule has 1 aliphatic heterocycles. The Labute approximate surface area is 141 Å². The van der Waals surface area contributed by atoms with E-state index in [0.717, 1.165) is 18.3 Å². The molecule has 8 heteroatoms. The lowest BCUT2D eigenvalue weighted by molar-refractivity contribution is 0.583. The predicted molar refractivity (Wildman–Crippen MR) is 94.7 cm³/mol. The van der Waals surface area contributed by atoms with E-state index in [4.69, 9.17) is 0 Å². The van der Waals surface area contributed by atoms with E-state index in [1.807, 2.05) is 23.4 Å². The molecule has 0 aliphatic carbocycles. The Kier molecular flexibility index (Phi) is 7.07. The lowest BCUT2D eigenvalue weighted by Gasteiger charge is -2.24. The van der Waals surface area contributed by atoms with Gasteiger partial charge in [-0.15, -0.1) is 34.2 Å². The van der Waals surface area contributed by atoms with Crippen LogP contribution in [0.2, 0.25) is 0 Å². The van der Waals surface area contributed by atoms with E-state index >= 15 is 0 Å². The van der Waals surface area contributed by atoms with Crippen molar-refractivity contribution in [3.63, 3.8) is 0 Å². The van der Waals surface area contributed by atoms with Crippen LogP contribution in [0.5, 0.6) is 0 Å². The number of aryl methyl sites for hydroxylation is 1. The van der Waals surface area contributed by atoms with E-state index in [0.29, 0.717) is 11.3 Å². The number of rotatable bonds is 4. The molecule has 1 saturated heterocycles. The molecule has 1 aliphatic rings. The van der Waals surface area contributed by atoms with Crippen molar-refractivity contribution in [1.29, 1.82) is 0 Å². The highest BCUT2D eigenvalue weighted by Crippen LogP contribution is 2.36. The zero-order valence-electron chi connectivity index (χ0n) is 12.2. The molecule has 114 valence electrons. The summed E-state index contributed by atoms with van der Waals surface area (Å²) in [7, 11) is 3.72. The Hall–Kier alpha value is -0.510. The minimum atomic E-state index is 0. The molecule has 0 bridgehead atoms. The maximum Gasteiger partial charge on any atom is 0.191 e. The van der Waals surface area contributed by atoms with Gasteiger partial charge < -0.3 is 15.2 Å². The van der Waals surface area contributed by atoms with Gasteiger partial charge in [0.2, 0.25) is 0 Å². The van der Waals surface area contributed by atoms with Gasteiger partial charge in [0.1, 0.15) is 6.33 Å². The van der Waals surface area contributed by atoms with Gasteiger partial charge in [-0.1, -0.05) is 0 Å². The fraction of sp³-hybridized carbons (Fsp3) is 0.750. The predicted octanol–water partition coefficient (Wildman–Crippen LogP) is 1.38. The number of nitrogens with one attached hydrogen (secondary N) is 2. The molecule has 6 nitrogen and oxygen atoms in total. The molecule has 0 saturated carbocycles. The number of thioether (sulfide) groups is 1. The summed E-state index contributed by atoms with van der Waals surface area (Å²) in [4.78, 5) is 4.24. The summed E-state index contributed by atoms with van der Waals surface area (Å²) in [5.74, 6) is 2.98. The van der Waals surface area contributed by atoms with Gasteiger partial charge in [0.05, 0.1) is 6.54 Å². The normalized spacial score (nSPS) is 22.4. The van der Waals surface area contributed by atoms with E-state index in [1.165, 1.54) is 18.6 Å². The fourth-order valence-electron chi connectivity index (χ4n) is 2.10. The second kappa shape index (κ2) is 8.06. The first kappa shape index (κ1) is 17.5. The number of nitrogens with zero attached hydrogens (tertiary/aromatic N) is 4. The van der Waals surface area contributed by atoms with Crippen LogP contribution < -0.4 is 10.6 Å². The maximum absolute atomic E-state index is 4.24. The third kappa shape index (κ3) is 4.80. The van der Waals surface area contributed by atoms with Crippen LogP contribution in [0, 0.1) is 0 Å². The largest absolute Gasteiger partial charge is 0.355 e. The van der Waals surface area contributed by atoms with Gasteiger partial charge in [-0.2, -0.15) is 11.8 Å². The van der Waals surface area contributed by atoms with Gasteiger partial charge in [0.15, 0.2) is 11.8 Å². The van der Waals surface area contributed by atoms with Gasteiger partial charge in [-0.05, 0) is 25.5 Å². The van der Waals surface area contributed by atoms with Gasteiger partial charge in [0.25, 0.3) is 0 Å². The molecule has 0 aromatic carbocycles. The van der Waals surface area contributed by atoms with E-state index in [1.54, 1.807) is 13.4 Å². The summed E-state index contributed by atoms with van der Waals surface area (Å²) in [6.07, 6.45) is 4.28. The highest BCUT2D eigenvalue weighted by Gasteiger charge is 2.29. The van der Waals surface area contributed by atoms with Gasteiger partial charge in [0, 0.05) is 25.4 Å². The summed E-state index contributed by atoms with van der Waals surface area (Å²) in [5.41, 5.74) is 0. The van der Waals surface area contributed by atoms with Crippen molar-refractivity contribution in [3.8, 4) is 0 Å². The van der Waals surface area contributed by atoms with Crippen molar-refractivity contribution in [2.45, 2.75) is 31.1 Å². The van der Waals surface area contributed by atoms with Crippen LogP contribution in [0.15, 0.2) is 11.3 Å². The fourth-order valence-corrected chi connectivity index (χ4v) is 3.34. The summed E-state index contributed by atoms with van der Waals surface area (Å²) < 4.78 is 2.23. The number of guanidine groups is 1. The van der Waals surface area contributed by atoms with Gasteiger partial charge >= 0.3 is 0 Å². The van der Waals surface area contributed by atoms with Crippen molar-refractivity contribution >= 4 is 41.7 Å². The quantitative estimate of drug-likeness (QED) is 0.446. The van der Waals surface area contributed by atoms with E-state index in [2.05, 4.69) is 32.7 Å². The first-order chi connectivity index (χ1) is 9.13. The van der Waals surface area contributed by atoms with E-state index in [9.17, 15) is 0 Å². The standard InChI is InChI=1S/C12H22N6S.HI/c1-12(5-4-6-19-12)8-15-11(13-2)14-7-10-17-16-9-18(10)3;/h9H,4-8H2,1-3H3,(H2,13,14,15);1H. The Morgan fingerprint density at radius 3 is 2.90 bits per heavy atom. The molecular formula is C12H23IN6S. The van der Waals surface area contributed by atoms with Crippen molar-refractivity contribution in [2.75, 3.05) is 19.3 Å². The summed E-state index contributed by atoms with van der Waals surface area (Å²) in [6, 6.07) is 0. The Morgan fingerprint density at radius 1 is 1.55 bits per heavy atom. The topological polar surface area (TPSA) is 67.1 Å². The van der Waals surface area contributed by atoms with Crippen molar-refractivity contribution in [2.24, 2.45) is 12.0 Å². The molecule has 1 aromatic heterocycles. The molecule has 0 radical (unpaired) electrons. The first-order valence-electron chi connectivity index (χ1n) is 6.54. The molecule has 2 rings (SSSR count). The number of hydrogen-bond acceptors (Lipinski definition) is 4. The zero-order chi connectivity index (χ0) is 13.7. The minimum absolute atomic E-state index is 0. The van der Waals surface area contributed by atoms with Gasteiger partial charge in [-0.25, -0.2) is 0 Å². The molecule has 0 amide bonds. The molecule has 2 heterocycles. The van der Waals surface area contributed by atoms with Crippen LogP contribution in [0.25, 0.3) is 0 Å². The highest BCUT2D eigenvalue weighted by atomic mass is 127. The third-order valence-electron chi connectivity index (χ3n) is 3.37. The summed E-state index contributed by atoms with van der Waals surface area (Å²) in [5, 5.41) is 14.5. The molecule has 1 unspecified atom stereocenters. The van der Waals surface area contributed by atoms with E-state index < -0.39 is 0 Å². The van der Waals surface area contributed by atoms with Gasteiger partial charge in [-0.3, -0.25) is 4.99 Å². The molecule has 1 atom stereocenters. The summed E-state index contributed by atoms with van der Waals surface area (Å²) in [6.45, 7) is 3.88. The molecule has 20 heavy (non-hydrogen) atoms. The molecule has 1 fully saturated rings. The number of halogens is 1. The SMILES string of the molecule is CN=C(NCc1nncn1C)NCC1(C)CCCS1.I. The number of aromatic nitrogens is 3. The van der Waals surface area contributed by atoms with Crippen molar-refractivity contribution in [1.82, 2.24) is 25.4 Å². The first-order valence-corrected chi connectivity index (χ1v) is 7.53. The van der Waals surface area contributed by atoms with E-state index in [-0.39, 0.29) is 24.0 Å². The van der Waals surface area contributed by atoms with Crippen LogP contribution in [-0.2, 0) is 13.6 Å². The third-order valence-corrected chi connectivity index (χ3v) is 4.91. The lowest BCUT2D eigenvalue weighted by Crippen LogP contribution is -2.43. The average molecular weight is 410 g/mol. The Balaban J connectivity index is 0.00000200. The van der Waals surface area contributed by atoms with Crippen molar-refractivity contribution < 1.29 is 0 Å². The molecule has 0 spiro atoms. The second-order valence-corrected chi connectivity index (χ2v) is 6.72. The smallest absolute Gasteiger partial charge is 0.191 e. The number of aliphatic imine (C=N–C) groups is 1. The van der Waals surface area contributed by atoms with Crippen LogP contribution in [0.4, 0.5) is 0 Å². The van der Waals surface area contributed by atoms with Crippen LogP contribution in [0.3, 0.4) is 0 Å². The molecule has 2 N–H and O–H groups in total. The van der Waals surface area contributed by atoms with Crippen LogP contribution in [0.1, 0.15) is 25.6 Å². The Bertz CT molecular complexity index is 441. The number of hydrogen-bond donors (Lipinski definition) is 2. The minimum Gasteiger partial charge on any atom is -0.355 e. The van der Waals surface area contributed by atoms with Crippen molar-refractivity contribution in [3.05, 3.63) is 12.2 Å². The Morgan fingerprint density at radius 2 is 2.35 bits per heavy atom. The average Bonchev–Trinajstić information content (AvgIpc) is 3.00. The van der Waals surface area contributed by atoms with Crippen LogP contribution in [-0.4, -0.2) is 44.8 Å². The zero-order valence-corrected chi connectivity index (χ0v) is 15.4. The highest BCUT2D eigenvalue weighted by molar-refractivity contribution is 14.0. The van der Waals surface area contributed by atoms with Crippen LogP contribution >= 0.6 is 35.7 Å².